The molecule has 0 radical (unpaired) electrons. The highest BCUT2D eigenvalue weighted by molar-refractivity contribution is 7.91. The van der Waals surface area contributed by atoms with Gasteiger partial charge in [-0.05, 0) is 38.3 Å². The fourth-order valence-electron chi connectivity index (χ4n) is 3.79. The van der Waals surface area contributed by atoms with Crippen LogP contribution in [0, 0.1) is 12.8 Å². The zero-order chi connectivity index (χ0) is 17.3. The highest BCUT2D eigenvalue weighted by Crippen LogP contribution is 2.26. The van der Waals surface area contributed by atoms with Crippen LogP contribution in [0.1, 0.15) is 25.3 Å². The molecular formula is C18H26N2O3S. The zero-order valence-corrected chi connectivity index (χ0v) is 15.3. The van der Waals surface area contributed by atoms with Crippen LogP contribution in [0.15, 0.2) is 24.3 Å². The van der Waals surface area contributed by atoms with E-state index in [1.165, 1.54) is 11.3 Å². The maximum atomic E-state index is 12.8. The topological polar surface area (TPSA) is 57.7 Å². The number of para-hydroxylation sites is 1. The van der Waals surface area contributed by atoms with Gasteiger partial charge in [-0.25, -0.2) is 8.42 Å². The number of benzene rings is 1. The minimum atomic E-state index is -2.92. The van der Waals surface area contributed by atoms with Crippen molar-refractivity contribution in [2.24, 2.45) is 5.92 Å². The van der Waals surface area contributed by atoms with Crippen LogP contribution < -0.4 is 4.90 Å². The van der Waals surface area contributed by atoms with Gasteiger partial charge in [0.25, 0.3) is 0 Å². The third-order valence-electron chi connectivity index (χ3n) is 5.27. The first-order valence-electron chi connectivity index (χ1n) is 8.69. The first-order valence-corrected chi connectivity index (χ1v) is 10.5. The van der Waals surface area contributed by atoms with Crippen molar-refractivity contribution in [2.75, 3.05) is 36.0 Å². The summed E-state index contributed by atoms with van der Waals surface area (Å²) < 4.78 is 23.1. The molecule has 5 nitrogen and oxygen atoms in total. The summed E-state index contributed by atoms with van der Waals surface area (Å²) >= 11 is 0. The molecule has 0 aliphatic carbocycles. The molecule has 2 fully saturated rings. The molecule has 2 aliphatic heterocycles. The molecule has 1 amide bonds. The Kier molecular flexibility index (Phi) is 4.85. The van der Waals surface area contributed by atoms with Crippen molar-refractivity contribution in [1.82, 2.24) is 4.90 Å². The average Bonchev–Trinajstić information content (AvgIpc) is 2.54. The van der Waals surface area contributed by atoms with Crippen molar-refractivity contribution >= 4 is 21.4 Å². The minimum Gasteiger partial charge on any atom is -0.367 e. The number of piperazine rings is 1. The lowest BCUT2D eigenvalue weighted by Gasteiger charge is -2.43. The Bertz CT molecular complexity index is 703. The van der Waals surface area contributed by atoms with Gasteiger partial charge in [0.1, 0.15) is 9.84 Å². The Morgan fingerprint density at radius 1 is 1.12 bits per heavy atom. The lowest BCUT2D eigenvalue weighted by Crippen LogP contribution is -2.56. The average molecular weight is 350 g/mol. The van der Waals surface area contributed by atoms with Crippen LogP contribution in [0.3, 0.4) is 0 Å². The van der Waals surface area contributed by atoms with E-state index in [1.807, 2.05) is 17.0 Å². The van der Waals surface area contributed by atoms with Crippen LogP contribution in [0.4, 0.5) is 5.69 Å². The number of rotatable bonds is 2. The number of sulfone groups is 1. The third kappa shape index (κ3) is 3.58. The molecule has 0 bridgehead atoms. The summed E-state index contributed by atoms with van der Waals surface area (Å²) in [4.78, 5) is 17.1. The molecule has 1 aromatic carbocycles. The highest BCUT2D eigenvalue weighted by Gasteiger charge is 2.35. The second kappa shape index (κ2) is 6.75. The second-order valence-corrected chi connectivity index (χ2v) is 9.34. The Hall–Kier alpha value is -1.56. The van der Waals surface area contributed by atoms with Crippen molar-refractivity contribution in [3.05, 3.63) is 29.8 Å². The SMILES string of the molecule is Cc1ccccc1N1CCN(C(=O)C2CCS(=O)(=O)CC2)[C@H](C)C1. The summed E-state index contributed by atoms with van der Waals surface area (Å²) in [5, 5.41) is 0. The molecule has 0 saturated carbocycles. The summed E-state index contributed by atoms with van der Waals surface area (Å²) in [5.41, 5.74) is 2.49. The number of carbonyl (C=O) groups is 1. The van der Waals surface area contributed by atoms with E-state index < -0.39 is 9.84 Å². The first-order chi connectivity index (χ1) is 11.4. The Labute approximate surface area is 144 Å². The van der Waals surface area contributed by atoms with Gasteiger partial charge >= 0.3 is 0 Å². The fraction of sp³-hybridized carbons (Fsp3) is 0.611. The smallest absolute Gasteiger partial charge is 0.226 e. The predicted molar refractivity (Wildman–Crippen MR) is 95.9 cm³/mol. The Balaban J connectivity index is 1.64. The van der Waals surface area contributed by atoms with Crippen LogP contribution in [0.5, 0.6) is 0 Å². The van der Waals surface area contributed by atoms with Crippen LogP contribution in [-0.2, 0) is 14.6 Å². The summed E-state index contributed by atoms with van der Waals surface area (Å²) in [6, 6.07) is 8.47. The van der Waals surface area contributed by atoms with Gasteiger partial charge < -0.3 is 9.80 Å². The van der Waals surface area contributed by atoms with Gasteiger partial charge in [-0.1, -0.05) is 18.2 Å². The minimum absolute atomic E-state index is 0.124. The van der Waals surface area contributed by atoms with Crippen LogP contribution in [0.25, 0.3) is 0 Å². The number of anilines is 1. The quantitative estimate of drug-likeness (QED) is 0.817. The van der Waals surface area contributed by atoms with E-state index in [0.717, 1.165) is 13.1 Å². The summed E-state index contributed by atoms with van der Waals surface area (Å²) in [6.07, 6.45) is 0.956. The monoisotopic (exact) mass is 350 g/mol. The third-order valence-corrected chi connectivity index (χ3v) is 6.99. The molecule has 2 saturated heterocycles. The number of aryl methyl sites for hydroxylation is 1. The molecule has 0 spiro atoms. The molecule has 0 aromatic heterocycles. The number of amides is 1. The molecule has 132 valence electrons. The normalized spacial score (nSPS) is 24.8. The van der Waals surface area contributed by atoms with E-state index in [9.17, 15) is 13.2 Å². The van der Waals surface area contributed by atoms with Gasteiger partial charge in [0.2, 0.25) is 5.91 Å². The van der Waals surface area contributed by atoms with Crippen molar-refractivity contribution in [2.45, 2.75) is 32.7 Å². The van der Waals surface area contributed by atoms with Gasteiger partial charge in [-0.2, -0.15) is 0 Å². The zero-order valence-electron chi connectivity index (χ0n) is 14.4. The molecule has 0 N–H and O–H groups in total. The van der Waals surface area contributed by atoms with E-state index in [1.54, 1.807) is 0 Å². The van der Waals surface area contributed by atoms with Gasteiger partial charge in [0.15, 0.2) is 0 Å². The van der Waals surface area contributed by atoms with E-state index in [2.05, 4.69) is 30.9 Å². The van der Waals surface area contributed by atoms with Crippen LogP contribution in [0.2, 0.25) is 0 Å². The summed E-state index contributed by atoms with van der Waals surface area (Å²) in [5.74, 6) is 0.324. The molecule has 6 heteroatoms. The maximum Gasteiger partial charge on any atom is 0.226 e. The fourth-order valence-corrected chi connectivity index (χ4v) is 5.28. The molecule has 0 unspecified atom stereocenters. The highest BCUT2D eigenvalue weighted by atomic mass is 32.2. The molecule has 1 atom stereocenters. The van der Waals surface area contributed by atoms with Crippen molar-refractivity contribution in [1.29, 1.82) is 0 Å². The van der Waals surface area contributed by atoms with Crippen molar-refractivity contribution in [3.63, 3.8) is 0 Å². The number of nitrogens with zero attached hydrogens (tertiary/aromatic N) is 2. The largest absolute Gasteiger partial charge is 0.367 e. The van der Waals surface area contributed by atoms with E-state index in [-0.39, 0.29) is 29.4 Å². The van der Waals surface area contributed by atoms with Crippen molar-refractivity contribution in [3.8, 4) is 0 Å². The van der Waals surface area contributed by atoms with Crippen LogP contribution >= 0.6 is 0 Å². The molecule has 2 aliphatic rings. The number of hydrogen-bond acceptors (Lipinski definition) is 4. The predicted octanol–water partition coefficient (Wildman–Crippen LogP) is 1.86. The van der Waals surface area contributed by atoms with Gasteiger partial charge in [-0.3, -0.25) is 4.79 Å². The lowest BCUT2D eigenvalue weighted by molar-refractivity contribution is -0.138. The van der Waals surface area contributed by atoms with Gasteiger partial charge in [0.05, 0.1) is 11.5 Å². The number of carbonyl (C=O) groups excluding carboxylic acids is 1. The van der Waals surface area contributed by atoms with E-state index in [4.69, 9.17) is 0 Å². The lowest BCUT2D eigenvalue weighted by atomic mass is 9.99. The molecule has 2 heterocycles. The molecular weight excluding hydrogens is 324 g/mol. The van der Waals surface area contributed by atoms with E-state index >= 15 is 0 Å². The van der Waals surface area contributed by atoms with Gasteiger partial charge in [-0.15, -0.1) is 0 Å². The summed E-state index contributed by atoms with van der Waals surface area (Å²) in [7, 11) is -2.92. The van der Waals surface area contributed by atoms with Crippen molar-refractivity contribution < 1.29 is 13.2 Å². The van der Waals surface area contributed by atoms with Crippen LogP contribution in [-0.4, -0.2) is 56.4 Å². The summed E-state index contributed by atoms with van der Waals surface area (Å²) in [6.45, 7) is 6.55. The molecule has 24 heavy (non-hydrogen) atoms. The molecule has 1 aromatic rings. The Morgan fingerprint density at radius 2 is 1.79 bits per heavy atom. The molecule has 3 rings (SSSR count). The Morgan fingerprint density at radius 3 is 2.42 bits per heavy atom. The number of hydrogen-bond donors (Lipinski definition) is 0. The van der Waals surface area contributed by atoms with E-state index in [0.29, 0.717) is 19.4 Å². The standard InChI is InChI=1S/C18H26N2O3S/c1-14-5-3-4-6-17(14)19-9-10-20(15(2)13-19)18(21)16-7-11-24(22,23)12-8-16/h3-6,15-16H,7-13H2,1-2H3/t15-/m1/s1. The first kappa shape index (κ1) is 17.3. The maximum absolute atomic E-state index is 12.8. The second-order valence-electron chi connectivity index (χ2n) is 7.04. The van der Waals surface area contributed by atoms with Gasteiger partial charge in [0, 0.05) is 37.3 Å².